The van der Waals surface area contributed by atoms with Crippen molar-refractivity contribution in [1.29, 1.82) is 0 Å². The highest BCUT2D eigenvalue weighted by Crippen LogP contribution is 2.44. The van der Waals surface area contributed by atoms with Gasteiger partial charge in [0.15, 0.2) is 11.5 Å². The third kappa shape index (κ3) is 3.64. The summed E-state index contributed by atoms with van der Waals surface area (Å²) in [5.74, 6) is -0.482. The summed E-state index contributed by atoms with van der Waals surface area (Å²) in [7, 11) is 1.45. The average Bonchev–Trinajstić information content (AvgIpc) is 3.14. The number of anilines is 1. The van der Waals surface area contributed by atoms with Gasteiger partial charge in [0.05, 0.1) is 23.7 Å². The molecule has 1 saturated heterocycles. The SMILES string of the molecule is COc1cc(/C(O)=C2\C(=O)C(=O)N(c3ccc4c(c3)OCCO4)C2c2ccccc2)ccc1Cl. The summed E-state index contributed by atoms with van der Waals surface area (Å²) >= 11 is 6.12. The Morgan fingerprint density at radius 2 is 1.74 bits per heavy atom. The number of methoxy groups -OCH3 is 1. The van der Waals surface area contributed by atoms with Crippen LogP contribution in [-0.2, 0) is 9.59 Å². The largest absolute Gasteiger partial charge is 0.507 e. The van der Waals surface area contributed by atoms with Gasteiger partial charge in [0.1, 0.15) is 24.7 Å². The van der Waals surface area contributed by atoms with Crippen LogP contribution in [0, 0.1) is 0 Å². The van der Waals surface area contributed by atoms with Crippen LogP contribution in [0.1, 0.15) is 17.2 Å². The van der Waals surface area contributed by atoms with Crippen LogP contribution in [-0.4, -0.2) is 37.1 Å². The van der Waals surface area contributed by atoms with Gasteiger partial charge in [0.2, 0.25) is 0 Å². The molecule has 8 heteroatoms. The molecule has 0 bridgehead atoms. The number of nitrogens with zero attached hydrogens (tertiary/aromatic N) is 1. The fourth-order valence-electron chi connectivity index (χ4n) is 4.19. The summed E-state index contributed by atoms with van der Waals surface area (Å²) < 4.78 is 16.5. The molecule has 1 amide bonds. The van der Waals surface area contributed by atoms with Crippen LogP contribution in [0.5, 0.6) is 17.2 Å². The third-order valence-electron chi connectivity index (χ3n) is 5.79. The minimum Gasteiger partial charge on any atom is -0.507 e. The fraction of sp³-hybridized carbons (Fsp3) is 0.154. The lowest BCUT2D eigenvalue weighted by molar-refractivity contribution is -0.132. The second-order valence-corrected chi connectivity index (χ2v) is 8.16. The molecule has 0 aliphatic carbocycles. The first-order chi connectivity index (χ1) is 16.5. The summed E-state index contributed by atoms with van der Waals surface area (Å²) in [6.07, 6.45) is 0. The first kappa shape index (κ1) is 21.9. The lowest BCUT2D eigenvalue weighted by Crippen LogP contribution is -2.29. The molecule has 0 spiro atoms. The zero-order chi connectivity index (χ0) is 23.8. The summed E-state index contributed by atoms with van der Waals surface area (Å²) in [5, 5.41) is 11.6. The Morgan fingerprint density at radius 3 is 2.47 bits per heavy atom. The van der Waals surface area contributed by atoms with E-state index in [0.29, 0.717) is 52.3 Å². The molecule has 3 aromatic carbocycles. The minimum absolute atomic E-state index is 0.0320. The highest BCUT2D eigenvalue weighted by atomic mass is 35.5. The Kier molecular flexibility index (Phi) is 5.63. The normalized spacial score (nSPS) is 18.8. The molecule has 1 N–H and O–H groups in total. The highest BCUT2D eigenvalue weighted by molar-refractivity contribution is 6.51. The van der Waals surface area contributed by atoms with Gasteiger partial charge in [0.25, 0.3) is 11.7 Å². The van der Waals surface area contributed by atoms with E-state index in [2.05, 4.69) is 0 Å². The number of amides is 1. The lowest BCUT2D eigenvalue weighted by atomic mass is 9.95. The number of hydrogen-bond donors (Lipinski definition) is 1. The molecule has 0 radical (unpaired) electrons. The molecule has 2 aliphatic heterocycles. The number of halogens is 1. The number of ketones is 1. The van der Waals surface area contributed by atoms with E-state index in [0.717, 1.165) is 0 Å². The van der Waals surface area contributed by atoms with Crippen LogP contribution in [0.3, 0.4) is 0 Å². The van der Waals surface area contributed by atoms with E-state index in [1.165, 1.54) is 18.1 Å². The molecular formula is C26H20ClNO6. The molecule has 1 fully saturated rings. The van der Waals surface area contributed by atoms with E-state index < -0.39 is 17.7 Å². The number of Topliss-reactive ketones (excluding diaryl/α,β-unsaturated/α-hetero) is 1. The Hall–Kier alpha value is -3.97. The molecule has 1 atom stereocenters. The number of rotatable bonds is 4. The van der Waals surface area contributed by atoms with Gasteiger partial charge in [-0.2, -0.15) is 0 Å². The predicted octanol–water partition coefficient (Wildman–Crippen LogP) is 4.75. The Bertz CT molecular complexity index is 1320. The first-order valence-corrected chi connectivity index (χ1v) is 11.0. The number of hydrogen-bond acceptors (Lipinski definition) is 6. The number of benzene rings is 3. The van der Waals surface area contributed by atoms with Crippen LogP contribution in [0.4, 0.5) is 5.69 Å². The van der Waals surface area contributed by atoms with Gasteiger partial charge in [0, 0.05) is 17.3 Å². The molecular weight excluding hydrogens is 458 g/mol. The van der Waals surface area contributed by atoms with Crippen molar-refractivity contribution in [1.82, 2.24) is 0 Å². The number of carbonyl (C=O) groups excluding carboxylic acids is 2. The van der Waals surface area contributed by atoms with Crippen LogP contribution in [0.2, 0.25) is 5.02 Å². The van der Waals surface area contributed by atoms with Crippen molar-refractivity contribution >= 4 is 34.7 Å². The molecule has 0 aromatic heterocycles. The Morgan fingerprint density at radius 1 is 1.00 bits per heavy atom. The quantitative estimate of drug-likeness (QED) is 0.332. The number of aliphatic hydroxyl groups excluding tert-OH is 1. The van der Waals surface area contributed by atoms with Crippen molar-refractivity contribution in [2.45, 2.75) is 6.04 Å². The summed E-state index contributed by atoms with van der Waals surface area (Å²) in [4.78, 5) is 27.9. The smallest absolute Gasteiger partial charge is 0.300 e. The predicted molar refractivity (Wildman–Crippen MR) is 127 cm³/mol. The maximum Gasteiger partial charge on any atom is 0.300 e. The molecule has 0 saturated carbocycles. The van der Waals surface area contributed by atoms with Gasteiger partial charge in [-0.1, -0.05) is 41.9 Å². The number of ether oxygens (including phenoxy) is 3. The van der Waals surface area contributed by atoms with Crippen molar-refractivity contribution in [3.05, 3.63) is 88.5 Å². The van der Waals surface area contributed by atoms with Crippen molar-refractivity contribution in [3.63, 3.8) is 0 Å². The summed E-state index contributed by atoms with van der Waals surface area (Å²) in [6.45, 7) is 0.821. The van der Waals surface area contributed by atoms with Crippen LogP contribution >= 0.6 is 11.6 Å². The van der Waals surface area contributed by atoms with Gasteiger partial charge in [-0.3, -0.25) is 14.5 Å². The number of fused-ring (bicyclic) bond motifs is 1. The third-order valence-corrected chi connectivity index (χ3v) is 6.10. The van der Waals surface area contributed by atoms with Crippen LogP contribution in [0.15, 0.2) is 72.3 Å². The summed E-state index contributed by atoms with van der Waals surface area (Å²) in [6, 6.07) is 17.9. The zero-order valence-corrected chi connectivity index (χ0v) is 18.9. The minimum atomic E-state index is -0.856. The van der Waals surface area contributed by atoms with Gasteiger partial charge in [-0.25, -0.2) is 0 Å². The van der Waals surface area contributed by atoms with Crippen molar-refractivity contribution in [3.8, 4) is 17.2 Å². The summed E-state index contributed by atoms with van der Waals surface area (Å²) in [5.41, 5.74) is 1.39. The van der Waals surface area contributed by atoms with Crippen LogP contribution in [0.25, 0.3) is 5.76 Å². The molecule has 7 nitrogen and oxygen atoms in total. The van der Waals surface area contributed by atoms with Crippen molar-refractivity contribution in [2.24, 2.45) is 0 Å². The molecule has 5 rings (SSSR count). The van der Waals surface area contributed by atoms with Gasteiger partial charge in [-0.15, -0.1) is 0 Å². The molecule has 172 valence electrons. The monoisotopic (exact) mass is 477 g/mol. The van der Waals surface area contributed by atoms with E-state index in [9.17, 15) is 14.7 Å². The number of aliphatic hydroxyl groups is 1. The maximum absolute atomic E-state index is 13.3. The molecule has 1 unspecified atom stereocenters. The van der Waals surface area contributed by atoms with E-state index in [-0.39, 0.29) is 11.3 Å². The van der Waals surface area contributed by atoms with Crippen molar-refractivity contribution < 1.29 is 28.9 Å². The topological polar surface area (TPSA) is 85.3 Å². The van der Waals surface area contributed by atoms with E-state index in [4.69, 9.17) is 25.8 Å². The average molecular weight is 478 g/mol. The molecule has 2 heterocycles. The van der Waals surface area contributed by atoms with Crippen LogP contribution < -0.4 is 19.1 Å². The maximum atomic E-state index is 13.3. The Labute approximate surface area is 200 Å². The molecule has 3 aromatic rings. The van der Waals surface area contributed by atoms with E-state index in [1.807, 2.05) is 18.2 Å². The van der Waals surface area contributed by atoms with Gasteiger partial charge in [-0.05, 0) is 35.9 Å². The van der Waals surface area contributed by atoms with Gasteiger partial charge < -0.3 is 19.3 Å². The number of carbonyl (C=O) groups is 2. The molecule has 2 aliphatic rings. The van der Waals surface area contributed by atoms with E-state index >= 15 is 0 Å². The lowest BCUT2D eigenvalue weighted by Gasteiger charge is -2.27. The molecule has 34 heavy (non-hydrogen) atoms. The second-order valence-electron chi connectivity index (χ2n) is 7.76. The zero-order valence-electron chi connectivity index (χ0n) is 18.2. The first-order valence-electron chi connectivity index (χ1n) is 10.6. The van der Waals surface area contributed by atoms with Crippen molar-refractivity contribution in [2.75, 3.05) is 25.2 Å². The van der Waals surface area contributed by atoms with E-state index in [1.54, 1.807) is 42.5 Å². The van der Waals surface area contributed by atoms with Gasteiger partial charge >= 0.3 is 0 Å². The highest BCUT2D eigenvalue weighted by Gasteiger charge is 2.47. The standard InChI is InChI=1S/C26H20ClNO6/c1-32-20-13-16(7-9-18(20)27)24(29)22-23(15-5-3-2-4-6-15)28(26(31)25(22)30)17-8-10-19-21(14-17)34-12-11-33-19/h2-10,13-14,23,29H,11-12H2,1H3/b24-22+. The fourth-order valence-corrected chi connectivity index (χ4v) is 4.39. The Balaban J connectivity index is 1.69. The second kappa shape index (κ2) is 8.76.